The number of carbonyl (C=O) groups excluding carboxylic acids is 1. The summed E-state index contributed by atoms with van der Waals surface area (Å²) in [5, 5.41) is 0. The van der Waals surface area contributed by atoms with Crippen LogP contribution >= 0.6 is 0 Å². The Labute approximate surface area is 125 Å². The largest absolute Gasteiger partial charge is 0.368 e. The van der Waals surface area contributed by atoms with Crippen molar-refractivity contribution in [2.45, 2.75) is 24.9 Å². The van der Waals surface area contributed by atoms with Crippen molar-refractivity contribution in [2.75, 3.05) is 6.54 Å². The highest BCUT2D eigenvalue weighted by Crippen LogP contribution is 2.34. The van der Waals surface area contributed by atoms with Crippen molar-refractivity contribution >= 4 is 5.91 Å². The first-order valence-electron chi connectivity index (χ1n) is 7.42. The lowest BCUT2D eigenvalue weighted by Gasteiger charge is -2.32. The molecule has 2 aromatic carbocycles. The molecule has 2 aromatic rings. The van der Waals surface area contributed by atoms with Crippen LogP contribution in [0.5, 0.6) is 0 Å². The van der Waals surface area contributed by atoms with E-state index in [4.69, 9.17) is 5.73 Å². The Balaban J connectivity index is 2.03. The average Bonchev–Trinajstić information content (AvgIpc) is 2.99. The van der Waals surface area contributed by atoms with Crippen LogP contribution < -0.4 is 5.73 Å². The molecule has 3 nitrogen and oxygen atoms in total. The quantitative estimate of drug-likeness (QED) is 0.936. The fourth-order valence-corrected chi connectivity index (χ4v) is 3.25. The van der Waals surface area contributed by atoms with E-state index < -0.39 is 0 Å². The van der Waals surface area contributed by atoms with E-state index in [-0.39, 0.29) is 18.0 Å². The summed E-state index contributed by atoms with van der Waals surface area (Å²) in [4.78, 5) is 14.0. The van der Waals surface area contributed by atoms with Crippen molar-refractivity contribution in [1.29, 1.82) is 0 Å². The van der Waals surface area contributed by atoms with Gasteiger partial charge in [-0.2, -0.15) is 0 Å². The molecule has 1 aliphatic heterocycles. The summed E-state index contributed by atoms with van der Waals surface area (Å²) >= 11 is 0. The maximum absolute atomic E-state index is 11.8. The zero-order chi connectivity index (χ0) is 14.7. The number of likely N-dealkylation sites (tertiary alicyclic amines) is 1. The lowest BCUT2D eigenvalue weighted by atomic mass is 9.96. The van der Waals surface area contributed by atoms with E-state index >= 15 is 0 Å². The van der Waals surface area contributed by atoms with Crippen molar-refractivity contribution in [3.05, 3.63) is 71.8 Å². The number of hydrogen-bond donors (Lipinski definition) is 1. The molecule has 0 aromatic heterocycles. The zero-order valence-corrected chi connectivity index (χ0v) is 12.0. The van der Waals surface area contributed by atoms with Crippen LogP contribution in [-0.2, 0) is 4.79 Å². The monoisotopic (exact) mass is 280 g/mol. The van der Waals surface area contributed by atoms with Gasteiger partial charge in [0.15, 0.2) is 0 Å². The van der Waals surface area contributed by atoms with E-state index in [9.17, 15) is 4.79 Å². The van der Waals surface area contributed by atoms with Gasteiger partial charge >= 0.3 is 0 Å². The van der Waals surface area contributed by atoms with Gasteiger partial charge in [0.1, 0.15) is 0 Å². The number of rotatable bonds is 4. The summed E-state index contributed by atoms with van der Waals surface area (Å²) in [7, 11) is 0. The molecule has 2 N–H and O–H groups in total. The molecule has 0 bridgehead atoms. The summed E-state index contributed by atoms with van der Waals surface area (Å²) in [6, 6.07) is 20.6. The second-order valence-electron chi connectivity index (χ2n) is 5.52. The molecule has 1 aliphatic rings. The van der Waals surface area contributed by atoms with E-state index in [1.165, 1.54) is 11.1 Å². The van der Waals surface area contributed by atoms with Gasteiger partial charge in [0.2, 0.25) is 5.91 Å². The number of carbonyl (C=O) groups is 1. The zero-order valence-electron chi connectivity index (χ0n) is 12.0. The number of nitrogens with two attached hydrogens (primary N) is 1. The van der Waals surface area contributed by atoms with Crippen LogP contribution in [0.4, 0.5) is 0 Å². The molecular formula is C18H20N2O. The molecule has 0 aliphatic carbocycles. The molecule has 0 saturated carbocycles. The molecule has 3 heteroatoms. The number of benzene rings is 2. The Morgan fingerprint density at radius 3 is 2.00 bits per heavy atom. The van der Waals surface area contributed by atoms with Gasteiger partial charge in [-0.1, -0.05) is 60.7 Å². The van der Waals surface area contributed by atoms with Crippen molar-refractivity contribution in [2.24, 2.45) is 5.73 Å². The Hall–Kier alpha value is -2.13. The maximum Gasteiger partial charge on any atom is 0.234 e. The van der Waals surface area contributed by atoms with Crippen LogP contribution in [0, 0.1) is 0 Å². The van der Waals surface area contributed by atoms with E-state index in [2.05, 4.69) is 29.2 Å². The topological polar surface area (TPSA) is 46.3 Å². The highest BCUT2D eigenvalue weighted by Gasteiger charge is 2.35. The van der Waals surface area contributed by atoms with Crippen molar-refractivity contribution in [1.82, 2.24) is 4.90 Å². The summed E-state index contributed by atoms with van der Waals surface area (Å²) < 4.78 is 0. The van der Waals surface area contributed by atoms with E-state index in [0.717, 1.165) is 19.4 Å². The first kappa shape index (κ1) is 13.8. The predicted molar refractivity (Wildman–Crippen MR) is 83.6 cm³/mol. The first-order chi connectivity index (χ1) is 10.3. The van der Waals surface area contributed by atoms with E-state index in [0.29, 0.717) is 0 Å². The third-order valence-electron chi connectivity index (χ3n) is 4.18. The summed E-state index contributed by atoms with van der Waals surface area (Å²) in [6.07, 6.45) is 1.87. The molecule has 1 saturated heterocycles. The van der Waals surface area contributed by atoms with Crippen LogP contribution in [0.2, 0.25) is 0 Å². The van der Waals surface area contributed by atoms with E-state index in [1.54, 1.807) is 0 Å². The maximum atomic E-state index is 11.8. The second-order valence-corrected chi connectivity index (χ2v) is 5.52. The highest BCUT2D eigenvalue weighted by atomic mass is 16.1. The molecule has 1 amide bonds. The third kappa shape index (κ3) is 2.83. The highest BCUT2D eigenvalue weighted by molar-refractivity contribution is 5.80. The van der Waals surface area contributed by atoms with E-state index in [1.807, 2.05) is 36.4 Å². The van der Waals surface area contributed by atoms with Gasteiger partial charge in [0.25, 0.3) is 0 Å². The minimum atomic E-state index is -0.218. The van der Waals surface area contributed by atoms with Crippen molar-refractivity contribution < 1.29 is 4.79 Å². The van der Waals surface area contributed by atoms with Crippen LogP contribution in [0.15, 0.2) is 60.7 Å². The van der Waals surface area contributed by atoms with Crippen molar-refractivity contribution in [3.63, 3.8) is 0 Å². The predicted octanol–water partition coefficient (Wildman–Crippen LogP) is 2.73. The van der Waals surface area contributed by atoms with Crippen LogP contribution in [0.25, 0.3) is 0 Å². The lowest BCUT2D eigenvalue weighted by Crippen LogP contribution is -2.42. The summed E-state index contributed by atoms with van der Waals surface area (Å²) in [6.45, 7) is 0.905. The Morgan fingerprint density at radius 1 is 1.00 bits per heavy atom. The number of hydrogen-bond acceptors (Lipinski definition) is 2. The first-order valence-corrected chi connectivity index (χ1v) is 7.42. The smallest absolute Gasteiger partial charge is 0.234 e. The average molecular weight is 280 g/mol. The second kappa shape index (κ2) is 6.10. The Morgan fingerprint density at radius 2 is 1.52 bits per heavy atom. The standard InChI is InChI=1S/C18H20N2O/c19-18(21)16-12-7-13-20(16)17(14-8-3-1-4-9-14)15-10-5-2-6-11-15/h1-6,8-11,16-17H,7,12-13H2,(H2,19,21). The minimum Gasteiger partial charge on any atom is -0.368 e. The summed E-state index contributed by atoms with van der Waals surface area (Å²) in [5.41, 5.74) is 8.01. The fourth-order valence-electron chi connectivity index (χ4n) is 3.25. The molecule has 3 rings (SSSR count). The molecule has 21 heavy (non-hydrogen) atoms. The van der Waals surface area contributed by atoms with Gasteiger partial charge in [0, 0.05) is 0 Å². The molecule has 1 unspecified atom stereocenters. The molecule has 0 spiro atoms. The van der Waals surface area contributed by atoms with Gasteiger partial charge < -0.3 is 5.73 Å². The van der Waals surface area contributed by atoms with Gasteiger partial charge in [-0.25, -0.2) is 0 Å². The Bertz CT molecular complexity index is 558. The van der Waals surface area contributed by atoms with Gasteiger partial charge in [-0.05, 0) is 30.5 Å². The van der Waals surface area contributed by atoms with Crippen LogP contribution in [0.1, 0.15) is 30.0 Å². The number of amides is 1. The normalized spacial score (nSPS) is 19.0. The van der Waals surface area contributed by atoms with Crippen LogP contribution in [0.3, 0.4) is 0 Å². The van der Waals surface area contributed by atoms with Gasteiger partial charge in [0.05, 0.1) is 12.1 Å². The molecule has 1 atom stereocenters. The molecule has 108 valence electrons. The number of nitrogens with zero attached hydrogens (tertiary/aromatic N) is 1. The van der Waals surface area contributed by atoms with Crippen molar-refractivity contribution in [3.8, 4) is 0 Å². The van der Waals surface area contributed by atoms with Gasteiger partial charge in [-0.15, -0.1) is 0 Å². The molecule has 1 fully saturated rings. The minimum absolute atomic E-state index is 0.0902. The molecule has 0 radical (unpaired) electrons. The summed E-state index contributed by atoms with van der Waals surface area (Å²) in [5.74, 6) is -0.218. The lowest BCUT2D eigenvalue weighted by molar-refractivity contribution is -0.122. The third-order valence-corrected chi connectivity index (χ3v) is 4.18. The molecule has 1 heterocycles. The SMILES string of the molecule is NC(=O)C1CCCN1C(c1ccccc1)c1ccccc1. The van der Waals surface area contributed by atoms with Crippen LogP contribution in [-0.4, -0.2) is 23.4 Å². The molecular weight excluding hydrogens is 260 g/mol. The number of primary amides is 1. The Kier molecular flexibility index (Phi) is 4.02. The van der Waals surface area contributed by atoms with Gasteiger partial charge in [-0.3, -0.25) is 9.69 Å². The fraction of sp³-hybridized carbons (Fsp3) is 0.278.